The SMILES string of the molecule is Clc1ccc(-c2cc3cccc(Cl)c3[nH]2)cc1Cl. The number of benzene rings is 2. The van der Waals surface area contributed by atoms with Crippen LogP contribution in [0.15, 0.2) is 42.5 Å². The van der Waals surface area contributed by atoms with Gasteiger partial charge in [-0.05, 0) is 29.8 Å². The first-order chi connectivity index (χ1) is 8.65. The number of aromatic amines is 1. The third kappa shape index (κ3) is 1.99. The normalized spacial score (nSPS) is 11.1. The van der Waals surface area contributed by atoms with Crippen LogP contribution in [0.25, 0.3) is 22.2 Å². The van der Waals surface area contributed by atoms with E-state index in [1.165, 1.54) is 0 Å². The fourth-order valence-corrected chi connectivity index (χ4v) is 2.47. The monoisotopic (exact) mass is 295 g/mol. The van der Waals surface area contributed by atoms with Crippen LogP contribution in [-0.2, 0) is 0 Å². The maximum absolute atomic E-state index is 6.14. The van der Waals surface area contributed by atoms with Crippen molar-refractivity contribution >= 4 is 45.7 Å². The van der Waals surface area contributed by atoms with E-state index in [9.17, 15) is 0 Å². The van der Waals surface area contributed by atoms with Crippen LogP contribution in [0, 0.1) is 0 Å². The second kappa shape index (κ2) is 4.51. The van der Waals surface area contributed by atoms with Crippen molar-refractivity contribution in [3.05, 3.63) is 57.5 Å². The van der Waals surface area contributed by atoms with Gasteiger partial charge in [0.25, 0.3) is 0 Å². The van der Waals surface area contributed by atoms with Crippen molar-refractivity contribution in [2.45, 2.75) is 0 Å². The lowest BCUT2D eigenvalue weighted by molar-refractivity contribution is 1.45. The zero-order valence-electron chi connectivity index (χ0n) is 9.18. The molecule has 90 valence electrons. The summed E-state index contributed by atoms with van der Waals surface area (Å²) in [5, 5.41) is 2.87. The van der Waals surface area contributed by atoms with Gasteiger partial charge in [-0.25, -0.2) is 0 Å². The Balaban J connectivity index is 2.19. The second-order valence-corrected chi connectivity index (χ2v) is 5.24. The Hall–Kier alpha value is -1.15. The number of hydrogen-bond acceptors (Lipinski definition) is 0. The average molecular weight is 297 g/mol. The molecule has 0 bridgehead atoms. The highest BCUT2D eigenvalue weighted by Crippen LogP contribution is 2.31. The molecule has 0 unspecified atom stereocenters. The summed E-state index contributed by atoms with van der Waals surface area (Å²) in [6.45, 7) is 0. The lowest BCUT2D eigenvalue weighted by Crippen LogP contribution is -1.78. The minimum atomic E-state index is 0.541. The molecule has 0 atom stereocenters. The third-order valence-electron chi connectivity index (χ3n) is 2.84. The average Bonchev–Trinajstić information content (AvgIpc) is 2.78. The number of para-hydroxylation sites is 1. The van der Waals surface area contributed by atoms with Crippen molar-refractivity contribution in [3.63, 3.8) is 0 Å². The first kappa shape index (κ1) is 11.9. The molecule has 1 heterocycles. The molecule has 0 aliphatic carbocycles. The van der Waals surface area contributed by atoms with Gasteiger partial charge in [-0.2, -0.15) is 0 Å². The summed E-state index contributed by atoms with van der Waals surface area (Å²) in [7, 11) is 0. The van der Waals surface area contributed by atoms with Crippen LogP contribution in [0.1, 0.15) is 0 Å². The van der Waals surface area contributed by atoms with Gasteiger partial charge in [-0.15, -0.1) is 0 Å². The molecule has 3 rings (SSSR count). The molecule has 0 saturated heterocycles. The van der Waals surface area contributed by atoms with Crippen molar-refractivity contribution in [2.24, 2.45) is 0 Å². The van der Waals surface area contributed by atoms with Crippen molar-refractivity contribution < 1.29 is 0 Å². The molecule has 0 aliphatic rings. The summed E-state index contributed by atoms with van der Waals surface area (Å²) in [6.07, 6.45) is 0. The van der Waals surface area contributed by atoms with E-state index < -0.39 is 0 Å². The van der Waals surface area contributed by atoms with Crippen LogP contribution in [0.2, 0.25) is 15.1 Å². The first-order valence-corrected chi connectivity index (χ1v) is 6.51. The van der Waals surface area contributed by atoms with Crippen LogP contribution in [0.5, 0.6) is 0 Å². The molecule has 0 amide bonds. The van der Waals surface area contributed by atoms with Crippen molar-refractivity contribution in [3.8, 4) is 11.3 Å². The summed E-state index contributed by atoms with van der Waals surface area (Å²) in [4.78, 5) is 3.29. The Bertz CT molecular complexity index is 731. The topological polar surface area (TPSA) is 15.8 Å². The second-order valence-electron chi connectivity index (χ2n) is 4.02. The fraction of sp³-hybridized carbons (Fsp3) is 0. The largest absolute Gasteiger partial charge is 0.353 e. The third-order valence-corrected chi connectivity index (χ3v) is 3.89. The number of H-pyrrole nitrogens is 1. The highest BCUT2D eigenvalue weighted by Gasteiger charge is 2.07. The molecular weight excluding hydrogens is 289 g/mol. The highest BCUT2D eigenvalue weighted by atomic mass is 35.5. The zero-order chi connectivity index (χ0) is 12.7. The number of nitrogens with one attached hydrogen (secondary N) is 1. The minimum absolute atomic E-state index is 0.541. The Morgan fingerprint density at radius 1 is 0.778 bits per heavy atom. The molecular formula is C14H8Cl3N. The molecule has 0 radical (unpaired) electrons. The quantitative estimate of drug-likeness (QED) is 0.584. The fourth-order valence-electron chi connectivity index (χ4n) is 1.94. The van der Waals surface area contributed by atoms with Gasteiger partial charge in [0.05, 0.1) is 20.6 Å². The van der Waals surface area contributed by atoms with Gasteiger partial charge in [0.1, 0.15) is 0 Å². The lowest BCUT2D eigenvalue weighted by atomic mass is 10.1. The summed E-state index contributed by atoms with van der Waals surface area (Å²) >= 11 is 18.1. The standard InChI is InChI=1S/C14H8Cl3N/c15-10-5-4-8(6-12(10)17)13-7-9-2-1-3-11(16)14(9)18-13/h1-7,18H. The zero-order valence-corrected chi connectivity index (χ0v) is 11.4. The summed E-state index contributed by atoms with van der Waals surface area (Å²) < 4.78 is 0. The van der Waals surface area contributed by atoms with Gasteiger partial charge in [0.15, 0.2) is 0 Å². The van der Waals surface area contributed by atoms with E-state index >= 15 is 0 Å². The van der Waals surface area contributed by atoms with Crippen molar-refractivity contribution in [1.29, 1.82) is 0 Å². The van der Waals surface area contributed by atoms with E-state index in [4.69, 9.17) is 34.8 Å². The van der Waals surface area contributed by atoms with Crippen LogP contribution < -0.4 is 0 Å². The molecule has 3 aromatic rings. The van der Waals surface area contributed by atoms with Gasteiger partial charge in [0.2, 0.25) is 0 Å². The van der Waals surface area contributed by atoms with Gasteiger partial charge in [-0.3, -0.25) is 0 Å². The molecule has 1 N–H and O–H groups in total. The number of rotatable bonds is 1. The predicted octanol–water partition coefficient (Wildman–Crippen LogP) is 5.80. The molecule has 4 heteroatoms. The van der Waals surface area contributed by atoms with Gasteiger partial charge in [-0.1, -0.05) is 53.0 Å². The number of halogens is 3. The number of aromatic nitrogens is 1. The van der Waals surface area contributed by atoms with Gasteiger partial charge < -0.3 is 4.98 Å². The lowest BCUT2D eigenvalue weighted by Gasteiger charge is -2.00. The van der Waals surface area contributed by atoms with Crippen LogP contribution in [0.4, 0.5) is 0 Å². The van der Waals surface area contributed by atoms with Crippen LogP contribution in [-0.4, -0.2) is 4.98 Å². The summed E-state index contributed by atoms with van der Waals surface area (Å²) in [5.41, 5.74) is 2.88. The minimum Gasteiger partial charge on any atom is -0.353 e. The maximum atomic E-state index is 6.14. The van der Waals surface area contributed by atoms with E-state index in [-0.39, 0.29) is 0 Å². The molecule has 0 saturated carbocycles. The molecule has 1 aromatic heterocycles. The van der Waals surface area contributed by atoms with E-state index in [1.807, 2.05) is 36.4 Å². The number of hydrogen-bond donors (Lipinski definition) is 1. The number of fused-ring (bicyclic) bond motifs is 1. The van der Waals surface area contributed by atoms with Crippen LogP contribution >= 0.6 is 34.8 Å². The van der Waals surface area contributed by atoms with E-state index in [0.29, 0.717) is 15.1 Å². The summed E-state index contributed by atoms with van der Waals surface area (Å²) in [6, 6.07) is 13.4. The Morgan fingerprint density at radius 2 is 1.61 bits per heavy atom. The van der Waals surface area contributed by atoms with E-state index in [0.717, 1.165) is 22.2 Å². The maximum Gasteiger partial charge on any atom is 0.0648 e. The molecule has 0 spiro atoms. The Labute approximate surface area is 119 Å². The Kier molecular flexibility index (Phi) is 2.98. The first-order valence-electron chi connectivity index (χ1n) is 5.38. The summed E-state index contributed by atoms with van der Waals surface area (Å²) in [5.74, 6) is 0. The van der Waals surface area contributed by atoms with Crippen molar-refractivity contribution in [1.82, 2.24) is 4.98 Å². The van der Waals surface area contributed by atoms with E-state index in [2.05, 4.69) is 4.98 Å². The molecule has 1 nitrogen and oxygen atoms in total. The highest BCUT2D eigenvalue weighted by molar-refractivity contribution is 6.42. The predicted molar refractivity (Wildman–Crippen MR) is 78.8 cm³/mol. The van der Waals surface area contributed by atoms with E-state index in [1.54, 1.807) is 6.07 Å². The Morgan fingerprint density at radius 3 is 2.33 bits per heavy atom. The van der Waals surface area contributed by atoms with Gasteiger partial charge in [0, 0.05) is 11.1 Å². The molecule has 2 aromatic carbocycles. The van der Waals surface area contributed by atoms with Crippen LogP contribution in [0.3, 0.4) is 0 Å². The van der Waals surface area contributed by atoms with Crippen molar-refractivity contribution in [2.75, 3.05) is 0 Å². The smallest absolute Gasteiger partial charge is 0.0648 e. The molecule has 18 heavy (non-hydrogen) atoms. The molecule has 0 aliphatic heterocycles. The van der Waals surface area contributed by atoms with Gasteiger partial charge >= 0.3 is 0 Å². The molecule has 0 fully saturated rings.